The molecule has 0 atom stereocenters. The number of allylic oxidation sites excluding steroid dienone is 2. The van der Waals surface area contributed by atoms with Crippen LogP contribution in [0.15, 0.2) is 60.3 Å². The molecule has 104 valence electrons. The van der Waals surface area contributed by atoms with Gasteiger partial charge < -0.3 is 5.32 Å². The van der Waals surface area contributed by atoms with E-state index < -0.39 is 0 Å². The van der Waals surface area contributed by atoms with Crippen LogP contribution in [0.1, 0.15) is 17.3 Å². The number of rotatable bonds is 4. The zero-order valence-corrected chi connectivity index (χ0v) is 11.5. The number of ketones is 1. The molecule has 5 nitrogen and oxygen atoms in total. The van der Waals surface area contributed by atoms with E-state index in [4.69, 9.17) is 0 Å². The fourth-order valence-corrected chi connectivity index (χ4v) is 2.06. The quantitative estimate of drug-likeness (QED) is 0.568. The monoisotopic (exact) mass is 278 g/mol. The maximum atomic E-state index is 12.1. The number of carbonyl (C=O) groups excluding carboxylic acids is 1. The topological polar surface area (TPSA) is 70.7 Å². The average Bonchev–Trinajstić information content (AvgIpc) is 2.95. The van der Waals surface area contributed by atoms with E-state index >= 15 is 0 Å². The molecule has 2 N–H and O–H groups in total. The Morgan fingerprint density at radius 3 is 2.67 bits per heavy atom. The van der Waals surface area contributed by atoms with Crippen LogP contribution in [0.4, 0.5) is 5.69 Å². The predicted octanol–water partition coefficient (Wildman–Crippen LogP) is 3.16. The van der Waals surface area contributed by atoms with E-state index in [1.165, 1.54) is 0 Å². The van der Waals surface area contributed by atoms with Gasteiger partial charge in [0.25, 0.3) is 0 Å². The molecule has 0 saturated heterocycles. The Balaban J connectivity index is 1.77. The zero-order chi connectivity index (χ0) is 14.7. The maximum Gasteiger partial charge on any atom is 0.187 e. The van der Waals surface area contributed by atoms with Gasteiger partial charge in [-0.05, 0) is 25.1 Å². The standard InChI is InChI=1S/C16H14N4O/c1-11(9-16(21)12-5-3-2-4-6-12)17-13-7-8-14-15(10-13)19-20-18-14/h2-10,17H,1H3,(H,18,19,20)/b11-9+. The molecule has 21 heavy (non-hydrogen) atoms. The fraction of sp³-hybridized carbons (Fsp3) is 0.0625. The van der Waals surface area contributed by atoms with E-state index in [2.05, 4.69) is 20.7 Å². The summed E-state index contributed by atoms with van der Waals surface area (Å²) in [5.74, 6) is -0.0249. The van der Waals surface area contributed by atoms with E-state index in [9.17, 15) is 4.79 Å². The van der Waals surface area contributed by atoms with E-state index in [0.717, 1.165) is 22.4 Å². The summed E-state index contributed by atoms with van der Waals surface area (Å²) in [5, 5.41) is 13.8. The van der Waals surface area contributed by atoms with E-state index in [0.29, 0.717) is 5.56 Å². The highest BCUT2D eigenvalue weighted by Crippen LogP contribution is 2.16. The Labute approximate surface area is 121 Å². The summed E-state index contributed by atoms with van der Waals surface area (Å²) in [6.07, 6.45) is 1.59. The van der Waals surface area contributed by atoms with Crippen molar-refractivity contribution in [3.8, 4) is 0 Å². The molecule has 0 aliphatic rings. The number of carbonyl (C=O) groups is 1. The van der Waals surface area contributed by atoms with Crippen molar-refractivity contribution < 1.29 is 4.79 Å². The minimum Gasteiger partial charge on any atom is -0.359 e. The summed E-state index contributed by atoms with van der Waals surface area (Å²) < 4.78 is 0. The van der Waals surface area contributed by atoms with Crippen molar-refractivity contribution in [2.24, 2.45) is 0 Å². The molecule has 0 unspecified atom stereocenters. The predicted molar refractivity (Wildman–Crippen MR) is 82.0 cm³/mol. The first-order valence-corrected chi connectivity index (χ1v) is 6.57. The van der Waals surface area contributed by atoms with E-state index in [1.54, 1.807) is 18.2 Å². The molecule has 0 saturated carbocycles. The minimum atomic E-state index is -0.0249. The Kier molecular flexibility index (Phi) is 3.47. The van der Waals surface area contributed by atoms with Crippen LogP contribution in [0.3, 0.4) is 0 Å². The SMILES string of the molecule is C/C(=C\C(=O)c1ccccc1)Nc1ccc2n[nH]nc2c1. The Bertz CT molecular complexity index is 805. The first kappa shape index (κ1) is 13.1. The van der Waals surface area contributed by atoms with Gasteiger partial charge in [0, 0.05) is 23.0 Å². The summed E-state index contributed by atoms with van der Waals surface area (Å²) in [4.78, 5) is 12.1. The average molecular weight is 278 g/mol. The first-order chi connectivity index (χ1) is 10.2. The number of aromatic nitrogens is 3. The summed E-state index contributed by atoms with van der Waals surface area (Å²) in [7, 11) is 0. The van der Waals surface area contributed by atoms with Crippen molar-refractivity contribution in [3.05, 3.63) is 65.9 Å². The highest BCUT2D eigenvalue weighted by molar-refractivity contribution is 6.05. The number of nitrogens with one attached hydrogen (secondary N) is 2. The van der Waals surface area contributed by atoms with Crippen molar-refractivity contribution >= 4 is 22.5 Å². The number of hydrogen-bond donors (Lipinski definition) is 2. The van der Waals surface area contributed by atoms with Crippen molar-refractivity contribution in [1.29, 1.82) is 0 Å². The molecule has 3 rings (SSSR count). The summed E-state index contributed by atoms with van der Waals surface area (Å²) in [6.45, 7) is 1.85. The molecule has 0 spiro atoms. The lowest BCUT2D eigenvalue weighted by Gasteiger charge is -2.06. The number of benzene rings is 2. The number of hydrogen-bond acceptors (Lipinski definition) is 4. The van der Waals surface area contributed by atoms with Gasteiger partial charge in [-0.2, -0.15) is 15.4 Å². The Morgan fingerprint density at radius 2 is 1.86 bits per heavy atom. The van der Waals surface area contributed by atoms with Gasteiger partial charge in [0.05, 0.1) is 0 Å². The normalized spacial score (nSPS) is 11.6. The molecule has 0 amide bonds. The molecule has 0 aliphatic heterocycles. The van der Waals surface area contributed by atoms with Crippen LogP contribution in [0.2, 0.25) is 0 Å². The van der Waals surface area contributed by atoms with Crippen molar-refractivity contribution in [2.45, 2.75) is 6.92 Å². The van der Waals surface area contributed by atoms with Gasteiger partial charge in [-0.15, -0.1) is 0 Å². The van der Waals surface area contributed by atoms with Gasteiger partial charge in [0.15, 0.2) is 5.78 Å². The first-order valence-electron chi connectivity index (χ1n) is 6.57. The largest absolute Gasteiger partial charge is 0.359 e. The third-order valence-electron chi connectivity index (χ3n) is 3.06. The second-order valence-corrected chi connectivity index (χ2v) is 4.71. The van der Waals surface area contributed by atoms with Crippen LogP contribution in [0.5, 0.6) is 0 Å². The van der Waals surface area contributed by atoms with Gasteiger partial charge >= 0.3 is 0 Å². The molecule has 2 aromatic carbocycles. The highest BCUT2D eigenvalue weighted by Gasteiger charge is 2.03. The summed E-state index contributed by atoms with van der Waals surface area (Å²) >= 11 is 0. The van der Waals surface area contributed by atoms with Crippen molar-refractivity contribution in [1.82, 2.24) is 15.4 Å². The van der Waals surface area contributed by atoms with Gasteiger partial charge in [-0.3, -0.25) is 4.79 Å². The molecule has 0 radical (unpaired) electrons. The Hall–Kier alpha value is -2.95. The number of H-pyrrole nitrogens is 1. The van der Waals surface area contributed by atoms with Crippen molar-refractivity contribution in [3.63, 3.8) is 0 Å². The number of aromatic amines is 1. The second kappa shape index (κ2) is 5.58. The third kappa shape index (κ3) is 2.97. The molecular weight excluding hydrogens is 264 g/mol. The van der Waals surface area contributed by atoms with Crippen LogP contribution in [-0.2, 0) is 0 Å². The summed E-state index contributed by atoms with van der Waals surface area (Å²) in [5.41, 5.74) is 3.90. The number of nitrogens with zero attached hydrogens (tertiary/aromatic N) is 2. The van der Waals surface area contributed by atoms with Gasteiger partial charge in [0.1, 0.15) is 11.0 Å². The van der Waals surface area contributed by atoms with Crippen LogP contribution in [-0.4, -0.2) is 21.2 Å². The number of fused-ring (bicyclic) bond motifs is 1. The minimum absolute atomic E-state index is 0.0249. The zero-order valence-electron chi connectivity index (χ0n) is 11.5. The fourth-order valence-electron chi connectivity index (χ4n) is 2.06. The lowest BCUT2D eigenvalue weighted by Crippen LogP contribution is -2.01. The molecular formula is C16H14N4O. The molecule has 1 aromatic heterocycles. The lowest BCUT2D eigenvalue weighted by atomic mass is 10.1. The van der Waals surface area contributed by atoms with Crippen LogP contribution in [0, 0.1) is 0 Å². The molecule has 3 aromatic rings. The molecule has 0 bridgehead atoms. The van der Waals surface area contributed by atoms with Gasteiger partial charge in [-0.25, -0.2) is 0 Å². The Morgan fingerprint density at radius 1 is 1.10 bits per heavy atom. The molecule has 5 heteroatoms. The van der Waals surface area contributed by atoms with Gasteiger partial charge in [0.2, 0.25) is 0 Å². The molecule has 0 aliphatic carbocycles. The number of anilines is 1. The molecule has 1 heterocycles. The highest BCUT2D eigenvalue weighted by atomic mass is 16.1. The maximum absolute atomic E-state index is 12.1. The van der Waals surface area contributed by atoms with E-state index in [-0.39, 0.29) is 5.78 Å². The molecule has 0 fully saturated rings. The van der Waals surface area contributed by atoms with Gasteiger partial charge in [-0.1, -0.05) is 30.3 Å². The lowest BCUT2D eigenvalue weighted by molar-refractivity contribution is 0.104. The van der Waals surface area contributed by atoms with E-state index in [1.807, 2.05) is 43.3 Å². The smallest absolute Gasteiger partial charge is 0.187 e. The van der Waals surface area contributed by atoms with Crippen LogP contribution >= 0.6 is 0 Å². The second-order valence-electron chi connectivity index (χ2n) is 4.71. The van der Waals surface area contributed by atoms with Crippen LogP contribution < -0.4 is 5.32 Å². The van der Waals surface area contributed by atoms with Crippen molar-refractivity contribution in [2.75, 3.05) is 5.32 Å². The third-order valence-corrected chi connectivity index (χ3v) is 3.06. The van der Waals surface area contributed by atoms with Crippen LogP contribution in [0.25, 0.3) is 11.0 Å². The summed E-state index contributed by atoms with van der Waals surface area (Å²) in [6, 6.07) is 14.8.